The van der Waals surface area contributed by atoms with Crippen molar-refractivity contribution in [2.45, 2.75) is 78.9 Å². The number of hydrogen-bond donors (Lipinski definition) is 0. The minimum atomic E-state index is 0.707. The number of likely N-dealkylation sites (tertiary alicyclic amines) is 1. The van der Waals surface area contributed by atoms with Crippen LogP contribution in [0.3, 0.4) is 0 Å². The summed E-state index contributed by atoms with van der Waals surface area (Å²) in [5.74, 6) is 1.82. The van der Waals surface area contributed by atoms with Gasteiger partial charge < -0.3 is 4.90 Å². The largest absolute Gasteiger partial charge is 0.301 e. The summed E-state index contributed by atoms with van der Waals surface area (Å²) in [5.41, 5.74) is 0. The average Bonchev–Trinajstić information content (AvgIpc) is 3.02. The van der Waals surface area contributed by atoms with E-state index < -0.39 is 0 Å². The van der Waals surface area contributed by atoms with Crippen LogP contribution in [0.25, 0.3) is 0 Å². The van der Waals surface area contributed by atoms with Gasteiger partial charge in [-0.25, -0.2) is 0 Å². The van der Waals surface area contributed by atoms with Crippen LogP contribution >= 0.6 is 0 Å². The molecule has 3 nitrogen and oxygen atoms in total. The quantitative estimate of drug-likeness (QED) is 0.709. The van der Waals surface area contributed by atoms with Crippen molar-refractivity contribution in [2.24, 2.45) is 11.8 Å². The van der Waals surface area contributed by atoms with E-state index in [0.29, 0.717) is 6.04 Å². The molecule has 2 rings (SSSR count). The van der Waals surface area contributed by atoms with Gasteiger partial charge in [-0.3, -0.25) is 9.80 Å². The summed E-state index contributed by atoms with van der Waals surface area (Å²) < 4.78 is 0. The summed E-state index contributed by atoms with van der Waals surface area (Å²) in [4.78, 5) is 8.00. The monoisotopic (exact) mass is 323 g/mol. The van der Waals surface area contributed by atoms with Crippen molar-refractivity contribution < 1.29 is 0 Å². The van der Waals surface area contributed by atoms with E-state index in [9.17, 15) is 0 Å². The molecular formula is C20H41N3. The lowest BCUT2D eigenvalue weighted by molar-refractivity contribution is 0.0775. The molecule has 0 N–H and O–H groups in total. The standard InChI is InChI=1S/C20H41N3/c1-16(2)21-11-13-22(14-12-21)19(6)8-7-18(5)20-9-10-23(15-20)17(3)4/h16-20H,7-15H2,1-6H3. The van der Waals surface area contributed by atoms with Gasteiger partial charge in [0.05, 0.1) is 0 Å². The molecule has 3 atom stereocenters. The fraction of sp³-hybridized carbons (Fsp3) is 1.00. The van der Waals surface area contributed by atoms with Gasteiger partial charge in [-0.05, 0) is 72.3 Å². The first kappa shape index (κ1) is 19.2. The van der Waals surface area contributed by atoms with Crippen LogP contribution in [0.15, 0.2) is 0 Å². The molecule has 0 aliphatic carbocycles. The van der Waals surface area contributed by atoms with Crippen LogP contribution in [-0.4, -0.2) is 72.1 Å². The van der Waals surface area contributed by atoms with Gasteiger partial charge in [0.1, 0.15) is 0 Å². The molecule has 3 heteroatoms. The fourth-order valence-corrected chi connectivity index (χ4v) is 4.37. The topological polar surface area (TPSA) is 9.72 Å². The molecular weight excluding hydrogens is 282 g/mol. The van der Waals surface area contributed by atoms with Crippen LogP contribution in [0, 0.1) is 11.8 Å². The highest BCUT2D eigenvalue weighted by Crippen LogP contribution is 2.29. The van der Waals surface area contributed by atoms with Crippen molar-refractivity contribution in [3.05, 3.63) is 0 Å². The second-order valence-corrected chi connectivity index (χ2v) is 8.71. The minimum Gasteiger partial charge on any atom is -0.301 e. The molecule has 0 saturated carbocycles. The number of rotatable bonds is 7. The van der Waals surface area contributed by atoms with Crippen molar-refractivity contribution in [2.75, 3.05) is 39.3 Å². The van der Waals surface area contributed by atoms with E-state index in [1.54, 1.807) is 0 Å². The van der Waals surface area contributed by atoms with Crippen LogP contribution in [0.5, 0.6) is 0 Å². The maximum absolute atomic E-state index is 2.72. The van der Waals surface area contributed by atoms with Crippen LogP contribution in [0.1, 0.15) is 60.8 Å². The molecule has 23 heavy (non-hydrogen) atoms. The lowest BCUT2D eigenvalue weighted by Gasteiger charge is -2.40. The van der Waals surface area contributed by atoms with E-state index in [-0.39, 0.29) is 0 Å². The van der Waals surface area contributed by atoms with Crippen molar-refractivity contribution in [3.63, 3.8) is 0 Å². The van der Waals surface area contributed by atoms with Gasteiger partial charge in [0.2, 0.25) is 0 Å². The molecule has 0 aromatic heterocycles. The molecule has 136 valence electrons. The number of nitrogens with zero attached hydrogens (tertiary/aromatic N) is 3. The lowest BCUT2D eigenvalue weighted by Crippen LogP contribution is -2.51. The Hall–Kier alpha value is -0.120. The fourth-order valence-electron chi connectivity index (χ4n) is 4.37. The van der Waals surface area contributed by atoms with E-state index >= 15 is 0 Å². The molecule has 2 heterocycles. The minimum absolute atomic E-state index is 0.707. The molecule has 0 aromatic rings. The smallest absolute Gasteiger partial charge is 0.0113 e. The molecule has 0 bridgehead atoms. The first-order valence-corrected chi connectivity index (χ1v) is 10.1. The van der Waals surface area contributed by atoms with Crippen molar-refractivity contribution in [1.29, 1.82) is 0 Å². The summed E-state index contributed by atoms with van der Waals surface area (Å²) in [5, 5.41) is 0. The molecule has 2 aliphatic rings. The van der Waals surface area contributed by atoms with Gasteiger partial charge in [0, 0.05) is 50.8 Å². The van der Waals surface area contributed by atoms with Crippen LogP contribution in [0.2, 0.25) is 0 Å². The molecule has 2 saturated heterocycles. The Morgan fingerprint density at radius 2 is 1.26 bits per heavy atom. The Morgan fingerprint density at radius 3 is 1.78 bits per heavy atom. The van der Waals surface area contributed by atoms with Gasteiger partial charge >= 0.3 is 0 Å². The van der Waals surface area contributed by atoms with Crippen molar-refractivity contribution >= 4 is 0 Å². The van der Waals surface area contributed by atoms with Crippen molar-refractivity contribution in [1.82, 2.24) is 14.7 Å². The van der Waals surface area contributed by atoms with Crippen LogP contribution in [0.4, 0.5) is 0 Å². The predicted molar refractivity (Wildman–Crippen MR) is 101 cm³/mol. The van der Waals surface area contributed by atoms with Gasteiger partial charge in [-0.1, -0.05) is 6.92 Å². The summed E-state index contributed by atoms with van der Waals surface area (Å²) in [7, 11) is 0. The Labute approximate surface area is 145 Å². The van der Waals surface area contributed by atoms with E-state index in [0.717, 1.165) is 23.9 Å². The molecule has 2 aliphatic heterocycles. The van der Waals surface area contributed by atoms with E-state index in [1.807, 2.05) is 0 Å². The second kappa shape index (κ2) is 8.82. The Bertz CT molecular complexity index is 334. The Morgan fingerprint density at radius 1 is 0.696 bits per heavy atom. The van der Waals surface area contributed by atoms with Crippen LogP contribution in [-0.2, 0) is 0 Å². The second-order valence-electron chi connectivity index (χ2n) is 8.71. The summed E-state index contributed by atoms with van der Waals surface area (Å²) in [6.07, 6.45) is 4.20. The summed E-state index contributed by atoms with van der Waals surface area (Å²) in [6, 6.07) is 2.19. The molecule has 0 aromatic carbocycles. The zero-order valence-electron chi connectivity index (χ0n) is 16.6. The Balaban J connectivity index is 1.67. The van der Waals surface area contributed by atoms with Gasteiger partial charge in [0.15, 0.2) is 0 Å². The van der Waals surface area contributed by atoms with Gasteiger partial charge in [0.25, 0.3) is 0 Å². The van der Waals surface area contributed by atoms with Crippen LogP contribution < -0.4 is 0 Å². The third-order valence-corrected chi connectivity index (χ3v) is 6.53. The summed E-state index contributed by atoms with van der Waals surface area (Å²) >= 11 is 0. The Kier molecular flexibility index (Phi) is 7.37. The normalized spacial score (nSPS) is 27.9. The third-order valence-electron chi connectivity index (χ3n) is 6.53. The molecule has 0 amide bonds. The highest BCUT2D eigenvalue weighted by atomic mass is 15.3. The first-order chi connectivity index (χ1) is 10.9. The molecule has 2 fully saturated rings. The van der Waals surface area contributed by atoms with E-state index in [4.69, 9.17) is 0 Å². The van der Waals surface area contributed by atoms with Crippen molar-refractivity contribution in [3.8, 4) is 0 Å². The van der Waals surface area contributed by atoms with E-state index in [1.165, 1.54) is 58.5 Å². The SMILES string of the molecule is CC(CCC(C)N1CCN(C(C)C)CC1)C1CCN(C(C)C)C1. The third kappa shape index (κ3) is 5.44. The van der Waals surface area contributed by atoms with Gasteiger partial charge in [-0.15, -0.1) is 0 Å². The highest BCUT2D eigenvalue weighted by molar-refractivity contribution is 4.83. The number of piperazine rings is 1. The zero-order chi connectivity index (χ0) is 17.0. The molecule has 3 unspecified atom stereocenters. The number of hydrogen-bond acceptors (Lipinski definition) is 3. The van der Waals surface area contributed by atoms with E-state index in [2.05, 4.69) is 56.2 Å². The highest BCUT2D eigenvalue weighted by Gasteiger charge is 2.29. The molecule has 0 radical (unpaired) electrons. The zero-order valence-corrected chi connectivity index (χ0v) is 16.6. The molecule has 0 spiro atoms. The maximum atomic E-state index is 2.72. The average molecular weight is 324 g/mol. The maximum Gasteiger partial charge on any atom is 0.0113 e. The van der Waals surface area contributed by atoms with Gasteiger partial charge in [-0.2, -0.15) is 0 Å². The lowest BCUT2D eigenvalue weighted by atomic mass is 9.88. The summed E-state index contributed by atoms with van der Waals surface area (Å²) in [6.45, 7) is 22.0. The predicted octanol–water partition coefficient (Wildman–Crippen LogP) is 3.55. The first-order valence-electron chi connectivity index (χ1n) is 10.1.